The fraction of sp³-hybridized carbons (Fsp3) is 0.200. The van der Waals surface area contributed by atoms with Crippen molar-refractivity contribution in [3.8, 4) is 0 Å². The molecule has 4 heteroatoms. The molecule has 3 N–H and O–H groups in total. The number of nitrogens with two attached hydrogens (primary N) is 1. The van der Waals surface area contributed by atoms with E-state index in [-0.39, 0.29) is 17.1 Å². The highest BCUT2D eigenvalue weighted by atomic mass is 35.5. The fourth-order valence-electron chi connectivity index (χ4n) is 2.14. The van der Waals surface area contributed by atoms with Crippen molar-refractivity contribution in [1.82, 2.24) is 0 Å². The zero-order valence-corrected chi connectivity index (χ0v) is 11.0. The van der Waals surface area contributed by atoms with E-state index in [9.17, 15) is 9.50 Å². The average molecular weight is 280 g/mol. The average Bonchev–Trinajstić information content (AvgIpc) is 2.40. The van der Waals surface area contributed by atoms with Crippen molar-refractivity contribution in [2.24, 2.45) is 5.73 Å². The molecule has 2 nitrogen and oxygen atoms in total. The molecule has 2 rings (SSSR count). The van der Waals surface area contributed by atoms with Crippen LogP contribution in [0.25, 0.3) is 0 Å². The lowest BCUT2D eigenvalue weighted by molar-refractivity contribution is 0.143. The smallest absolute Gasteiger partial charge is 0.130 e. The van der Waals surface area contributed by atoms with Crippen molar-refractivity contribution in [2.75, 3.05) is 6.54 Å². The Kier molecular flexibility index (Phi) is 4.53. The molecule has 0 fully saturated rings. The van der Waals surface area contributed by atoms with Gasteiger partial charge in [-0.15, -0.1) is 0 Å². The fourth-order valence-corrected chi connectivity index (χ4v) is 2.42. The lowest BCUT2D eigenvalue weighted by atomic mass is 9.89. The molecular weight excluding hydrogens is 265 g/mol. The topological polar surface area (TPSA) is 46.2 Å². The summed E-state index contributed by atoms with van der Waals surface area (Å²) in [4.78, 5) is 0. The third kappa shape index (κ3) is 2.95. The van der Waals surface area contributed by atoms with Gasteiger partial charge in [0.2, 0.25) is 0 Å². The van der Waals surface area contributed by atoms with Gasteiger partial charge in [0.1, 0.15) is 5.82 Å². The van der Waals surface area contributed by atoms with Crippen LogP contribution >= 0.6 is 11.6 Å². The molecular formula is C15H15ClFNO. The van der Waals surface area contributed by atoms with Gasteiger partial charge >= 0.3 is 0 Å². The van der Waals surface area contributed by atoms with E-state index in [1.54, 1.807) is 6.07 Å². The van der Waals surface area contributed by atoms with Crippen molar-refractivity contribution in [2.45, 2.75) is 12.0 Å². The van der Waals surface area contributed by atoms with Crippen LogP contribution in [0, 0.1) is 5.82 Å². The maximum atomic E-state index is 13.8. The Morgan fingerprint density at radius 1 is 1.11 bits per heavy atom. The zero-order valence-electron chi connectivity index (χ0n) is 10.3. The van der Waals surface area contributed by atoms with Crippen LogP contribution in [0.4, 0.5) is 4.39 Å². The van der Waals surface area contributed by atoms with Crippen LogP contribution in [0.3, 0.4) is 0 Å². The summed E-state index contributed by atoms with van der Waals surface area (Å²) in [6.45, 7) is 0.204. The molecule has 0 spiro atoms. The monoisotopic (exact) mass is 279 g/mol. The number of rotatable bonds is 4. The molecule has 0 saturated heterocycles. The molecule has 19 heavy (non-hydrogen) atoms. The lowest BCUT2D eigenvalue weighted by Crippen LogP contribution is -2.21. The standard InChI is InChI=1S/C15H15ClFNO/c16-12-7-4-8-13(17)14(12)15(19)11(9-18)10-5-2-1-3-6-10/h1-8,11,15,19H,9,18H2. The van der Waals surface area contributed by atoms with Crippen LogP contribution in [0.1, 0.15) is 23.1 Å². The van der Waals surface area contributed by atoms with Gasteiger partial charge in [-0.1, -0.05) is 48.0 Å². The van der Waals surface area contributed by atoms with E-state index in [1.807, 2.05) is 30.3 Å². The summed E-state index contributed by atoms with van der Waals surface area (Å²) in [6, 6.07) is 13.6. The molecule has 2 atom stereocenters. The van der Waals surface area contributed by atoms with E-state index < -0.39 is 17.8 Å². The van der Waals surface area contributed by atoms with Crippen LogP contribution < -0.4 is 5.73 Å². The molecule has 0 heterocycles. The number of hydrogen-bond acceptors (Lipinski definition) is 2. The Morgan fingerprint density at radius 3 is 2.37 bits per heavy atom. The van der Waals surface area contributed by atoms with Gasteiger partial charge in [0.15, 0.2) is 0 Å². The molecule has 2 aromatic rings. The highest BCUT2D eigenvalue weighted by Gasteiger charge is 2.25. The zero-order chi connectivity index (χ0) is 13.8. The minimum Gasteiger partial charge on any atom is -0.388 e. The molecule has 0 radical (unpaired) electrons. The summed E-state index contributed by atoms with van der Waals surface area (Å²) < 4.78 is 13.8. The van der Waals surface area contributed by atoms with Gasteiger partial charge in [0.25, 0.3) is 0 Å². The van der Waals surface area contributed by atoms with Gasteiger partial charge in [0.05, 0.1) is 6.10 Å². The van der Waals surface area contributed by atoms with Crippen molar-refractivity contribution in [1.29, 1.82) is 0 Å². The summed E-state index contributed by atoms with van der Waals surface area (Å²) in [5, 5.41) is 10.6. The molecule has 0 aliphatic carbocycles. The normalized spacial score (nSPS) is 14.1. The van der Waals surface area contributed by atoms with Crippen molar-refractivity contribution >= 4 is 11.6 Å². The molecule has 0 saturated carbocycles. The number of aliphatic hydroxyl groups excluding tert-OH is 1. The number of benzene rings is 2. The lowest BCUT2D eigenvalue weighted by Gasteiger charge is -2.23. The van der Waals surface area contributed by atoms with Gasteiger partial charge in [-0.3, -0.25) is 0 Å². The van der Waals surface area contributed by atoms with E-state index in [0.717, 1.165) is 5.56 Å². The highest BCUT2D eigenvalue weighted by molar-refractivity contribution is 6.31. The van der Waals surface area contributed by atoms with Crippen molar-refractivity contribution < 1.29 is 9.50 Å². The Morgan fingerprint density at radius 2 is 1.79 bits per heavy atom. The summed E-state index contributed by atoms with van der Waals surface area (Å²) in [7, 11) is 0. The first-order valence-corrected chi connectivity index (χ1v) is 6.40. The molecule has 2 unspecified atom stereocenters. The van der Waals surface area contributed by atoms with Gasteiger partial charge < -0.3 is 10.8 Å². The maximum Gasteiger partial charge on any atom is 0.130 e. The second-order valence-electron chi connectivity index (χ2n) is 4.33. The first-order valence-electron chi connectivity index (χ1n) is 6.02. The summed E-state index contributed by atoms with van der Waals surface area (Å²) in [6.07, 6.45) is -1.07. The van der Waals surface area contributed by atoms with Crippen LogP contribution in [0.2, 0.25) is 5.02 Å². The Balaban J connectivity index is 2.39. The SMILES string of the molecule is NCC(c1ccccc1)C(O)c1c(F)cccc1Cl. The van der Waals surface area contributed by atoms with Gasteiger partial charge in [-0.2, -0.15) is 0 Å². The van der Waals surface area contributed by atoms with Gasteiger partial charge in [0, 0.05) is 23.0 Å². The molecule has 0 amide bonds. The molecule has 0 aliphatic rings. The molecule has 2 aromatic carbocycles. The first-order chi connectivity index (χ1) is 9.15. The number of hydrogen-bond donors (Lipinski definition) is 2. The van der Waals surface area contributed by atoms with E-state index in [2.05, 4.69) is 0 Å². The van der Waals surface area contributed by atoms with Crippen molar-refractivity contribution in [3.05, 3.63) is 70.5 Å². The predicted octanol–water partition coefficient (Wildman–Crippen LogP) is 3.26. The second-order valence-corrected chi connectivity index (χ2v) is 4.74. The Labute approximate surface area is 116 Å². The molecule has 0 aliphatic heterocycles. The second kappa shape index (κ2) is 6.15. The van der Waals surface area contributed by atoms with E-state index in [0.29, 0.717) is 0 Å². The maximum absolute atomic E-state index is 13.8. The quantitative estimate of drug-likeness (QED) is 0.902. The molecule has 100 valence electrons. The van der Waals surface area contributed by atoms with Gasteiger partial charge in [-0.25, -0.2) is 4.39 Å². The first kappa shape index (κ1) is 14.0. The Bertz CT molecular complexity index is 527. The van der Waals surface area contributed by atoms with Crippen LogP contribution in [0.5, 0.6) is 0 Å². The van der Waals surface area contributed by atoms with Crippen LogP contribution in [0.15, 0.2) is 48.5 Å². The minimum absolute atomic E-state index is 0.100. The number of aliphatic hydroxyl groups is 1. The van der Waals surface area contributed by atoms with E-state index >= 15 is 0 Å². The van der Waals surface area contributed by atoms with Crippen LogP contribution in [-0.4, -0.2) is 11.7 Å². The minimum atomic E-state index is -1.07. The van der Waals surface area contributed by atoms with E-state index in [4.69, 9.17) is 17.3 Å². The largest absolute Gasteiger partial charge is 0.388 e. The third-order valence-corrected chi connectivity index (χ3v) is 3.49. The third-order valence-electron chi connectivity index (χ3n) is 3.16. The summed E-state index contributed by atoms with van der Waals surface area (Å²) in [5.74, 6) is -0.912. The predicted molar refractivity (Wildman–Crippen MR) is 74.6 cm³/mol. The van der Waals surface area contributed by atoms with Gasteiger partial charge in [-0.05, 0) is 17.7 Å². The van der Waals surface area contributed by atoms with E-state index in [1.165, 1.54) is 12.1 Å². The molecule has 0 aromatic heterocycles. The molecule has 0 bridgehead atoms. The summed E-state index contributed by atoms with van der Waals surface area (Å²) in [5.41, 5.74) is 6.68. The van der Waals surface area contributed by atoms with Crippen LogP contribution in [-0.2, 0) is 0 Å². The highest BCUT2D eigenvalue weighted by Crippen LogP contribution is 2.35. The summed E-state index contributed by atoms with van der Waals surface area (Å²) >= 11 is 5.97. The Hall–Kier alpha value is -1.42. The number of halogens is 2. The van der Waals surface area contributed by atoms with Crippen molar-refractivity contribution in [3.63, 3.8) is 0 Å².